The summed E-state index contributed by atoms with van der Waals surface area (Å²) in [5.41, 5.74) is 4.93. The first-order valence-corrected chi connectivity index (χ1v) is 4.99. The van der Waals surface area contributed by atoms with E-state index in [0.717, 1.165) is 0 Å². The number of nitrogens with zero attached hydrogens (tertiary/aromatic N) is 2. The second-order valence-corrected chi connectivity index (χ2v) is 3.61. The smallest absolute Gasteiger partial charge is 0.404 e. The van der Waals surface area contributed by atoms with Gasteiger partial charge in [-0.05, 0) is 12.1 Å². The lowest BCUT2D eigenvalue weighted by Crippen LogP contribution is -2.27. The van der Waals surface area contributed by atoms with Gasteiger partial charge in [-0.25, -0.2) is 9.78 Å². The summed E-state index contributed by atoms with van der Waals surface area (Å²) in [6.07, 6.45) is -0.331. The molecule has 1 aliphatic rings. The van der Waals surface area contributed by atoms with Crippen LogP contribution in [0.15, 0.2) is 18.2 Å². The number of nitrogens with two attached hydrogens (primary N) is 1. The zero-order valence-electron chi connectivity index (χ0n) is 8.60. The third-order valence-electron chi connectivity index (χ3n) is 2.45. The summed E-state index contributed by atoms with van der Waals surface area (Å²) in [4.78, 5) is 16.2. The molecule has 0 bridgehead atoms. The van der Waals surface area contributed by atoms with E-state index in [1.54, 1.807) is 12.1 Å². The fraction of sp³-hybridized carbons (Fsp3) is 0.400. The molecule has 0 radical (unpaired) electrons. The molecule has 0 saturated carbocycles. The van der Waals surface area contributed by atoms with Gasteiger partial charge in [-0.2, -0.15) is 4.39 Å². The van der Waals surface area contributed by atoms with Gasteiger partial charge in [0, 0.05) is 13.0 Å². The number of anilines is 1. The molecule has 6 heteroatoms. The Morgan fingerprint density at radius 3 is 3.12 bits per heavy atom. The van der Waals surface area contributed by atoms with E-state index in [9.17, 15) is 9.18 Å². The summed E-state index contributed by atoms with van der Waals surface area (Å²) < 4.78 is 17.8. The molecule has 1 fully saturated rings. The summed E-state index contributed by atoms with van der Waals surface area (Å²) in [6.45, 7) is 1.17. The van der Waals surface area contributed by atoms with Crippen LogP contribution in [-0.2, 0) is 4.74 Å². The Bertz CT molecular complexity index is 399. The molecular weight excluding hydrogens is 213 g/mol. The molecule has 2 rings (SSSR count). The van der Waals surface area contributed by atoms with E-state index in [4.69, 9.17) is 10.5 Å². The molecule has 0 spiro atoms. The minimum absolute atomic E-state index is 0.234. The van der Waals surface area contributed by atoms with Crippen LogP contribution in [0.4, 0.5) is 15.0 Å². The fourth-order valence-corrected chi connectivity index (χ4v) is 1.77. The fourth-order valence-electron chi connectivity index (χ4n) is 1.77. The SMILES string of the molecule is NC(=O)OC1CCN(c2cccc(F)n2)C1. The number of hydrogen-bond acceptors (Lipinski definition) is 4. The highest BCUT2D eigenvalue weighted by Crippen LogP contribution is 2.19. The van der Waals surface area contributed by atoms with Gasteiger partial charge in [0.25, 0.3) is 0 Å². The molecule has 16 heavy (non-hydrogen) atoms. The lowest BCUT2D eigenvalue weighted by Gasteiger charge is -2.16. The summed E-state index contributed by atoms with van der Waals surface area (Å²) >= 11 is 0. The number of primary amides is 1. The van der Waals surface area contributed by atoms with Crippen molar-refractivity contribution in [3.63, 3.8) is 0 Å². The zero-order valence-corrected chi connectivity index (χ0v) is 8.60. The van der Waals surface area contributed by atoms with Gasteiger partial charge in [0.1, 0.15) is 11.9 Å². The molecule has 1 saturated heterocycles. The Morgan fingerprint density at radius 1 is 1.62 bits per heavy atom. The van der Waals surface area contributed by atoms with Crippen molar-refractivity contribution in [3.05, 3.63) is 24.1 Å². The number of ether oxygens (including phenoxy) is 1. The Kier molecular flexibility index (Phi) is 2.89. The minimum Gasteiger partial charge on any atom is -0.444 e. The second kappa shape index (κ2) is 4.34. The van der Waals surface area contributed by atoms with E-state index in [1.165, 1.54) is 6.07 Å². The monoisotopic (exact) mass is 225 g/mol. The van der Waals surface area contributed by atoms with E-state index >= 15 is 0 Å². The van der Waals surface area contributed by atoms with Gasteiger partial charge in [-0.15, -0.1) is 0 Å². The number of rotatable bonds is 2. The lowest BCUT2D eigenvalue weighted by atomic mass is 10.3. The molecule has 2 heterocycles. The first-order valence-electron chi connectivity index (χ1n) is 4.99. The summed E-state index contributed by atoms with van der Waals surface area (Å²) in [5.74, 6) is 0.0346. The molecule has 0 aliphatic carbocycles. The molecule has 1 unspecified atom stereocenters. The standard InChI is InChI=1S/C10H12FN3O2/c11-8-2-1-3-9(13-8)14-5-4-7(6-14)16-10(12)15/h1-3,7H,4-6H2,(H2,12,15). The van der Waals surface area contributed by atoms with Crippen LogP contribution in [0.5, 0.6) is 0 Å². The van der Waals surface area contributed by atoms with Gasteiger partial charge < -0.3 is 15.4 Å². The molecule has 1 atom stereocenters. The Balaban J connectivity index is 2.00. The Hall–Kier alpha value is -1.85. The van der Waals surface area contributed by atoms with Crippen LogP contribution in [0.25, 0.3) is 0 Å². The molecule has 5 nitrogen and oxygen atoms in total. The molecule has 1 amide bonds. The van der Waals surface area contributed by atoms with Crippen molar-refractivity contribution < 1.29 is 13.9 Å². The summed E-state index contributed by atoms with van der Waals surface area (Å²) in [7, 11) is 0. The highest BCUT2D eigenvalue weighted by Gasteiger charge is 2.25. The molecule has 2 N–H and O–H groups in total. The molecule has 1 aromatic heterocycles. The molecule has 1 aromatic rings. The van der Waals surface area contributed by atoms with E-state index in [-0.39, 0.29) is 6.10 Å². The number of pyridine rings is 1. The second-order valence-electron chi connectivity index (χ2n) is 3.61. The van der Waals surface area contributed by atoms with Crippen LogP contribution in [0.2, 0.25) is 0 Å². The van der Waals surface area contributed by atoms with E-state index in [1.807, 2.05) is 4.90 Å². The molecule has 86 valence electrons. The highest BCUT2D eigenvalue weighted by molar-refractivity contribution is 5.65. The quantitative estimate of drug-likeness (QED) is 0.759. The van der Waals surface area contributed by atoms with Gasteiger partial charge in [-0.3, -0.25) is 0 Å². The Morgan fingerprint density at radius 2 is 2.44 bits per heavy atom. The van der Waals surface area contributed by atoms with Gasteiger partial charge in [0.05, 0.1) is 6.54 Å². The maximum Gasteiger partial charge on any atom is 0.404 e. The van der Waals surface area contributed by atoms with Gasteiger partial charge in [0.15, 0.2) is 0 Å². The topological polar surface area (TPSA) is 68.5 Å². The van der Waals surface area contributed by atoms with Crippen molar-refractivity contribution in [2.45, 2.75) is 12.5 Å². The third-order valence-corrected chi connectivity index (χ3v) is 2.45. The minimum atomic E-state index is -0.779. The average Bonchev–Trinajstić information content (AvgIpc) is 2.65. The third kappa shape index (κ3) is 2.39. The van der Waals surface area contributed by atoms with Crippen molar-refractivity contribution in [2.75, 3.05) is 18.0 Å². The largest absolute Gasteiger partial charge is 0.444 e. The van der Waals surface area contributed by atoms with Crippen LogP contribution >= 0.6 is 0 Å². The number of aromatic nitrogens is 1. The van der Waals surface area contributed by atoms with E-state index in [2.05, 4.69) is 4.98 Å². The van der Waals surface area contributed by atoms with Crippen LogP contribution in [0.3, 0.4) is 0 Å². The predicted molar refractivity (Wildman–Crippen MR) is 55.5 cm³/mol. The van der Waals surface area contributed by atoms with E-state index in [0.29, 0.717) is 25.3 Å². The maximum absolute atomic E-state index is 12.9. The van der Waals surface area contributed by atoms with Gasteiger partial charge in [-0.1, -0.05) is 6.07 Å². The maximum atomic E-state index is 12.9. The predicted octanol–water partition coefficient (Wildman–Crippen LogP) is 0.895. The zero-order chi connectivity index (χ0) is 11.5. The first-order chi connectivity index (χ1) is 7.65. The van der Waals surface area contributed by atoms with Gasteiger partial charge >= 0.3 is 6.09 Å². The number of halogens is 1. The van der Waals surface area contributed by atoms with Crippen molar-refractivity contribution >= 4 is 11.9 Å². The number of carbonyl (C=O) groups is 1. The average molecular weight is 225 g/mol. The van der Waals surface area contributed by atoms with Crippen LogP contribution in [-0.4, -0.2) is 30.3 Å². The number of amides is 1. The van der Waals surface area contributed by atoms with Crippen LogP contribution in [0, 0.1) is 5.95 Å². The summed E-state index contributed by atoms with van der Waals surface area (Å²) in [6, 6.07) is 4.60. The highest BCUT2D eigenvalue weighted by atomic mass is 19.1. The van der Waals surface area contributed by atoms with E-state index < -0.39 is 12.0 Å². The molecule has 1 aliphatic heterocycles. The summed E-state index contributed by atoms with van der Waals surface area (Å²) in [5, 5.41) is 0. The van der Waals surface area contributed by atoms with Crippen LogP contribution in [0.1, 0.15) is 6.42 Å². The first kappa shape index (κ1) is 10.7. The Labute approximate surface area is 92.0 Å². The normalized spacial score (nSPS) is 19.8. The molecular formula is C10H12FN3O2. The number of carbonyl (C=O) groups excluding carboxylic acids is 1. The van der Waals surface area contributed by atoms with Crippen molar-refractivity contribution in [1.82, 2.24) is 4.98 Å². The molecule has 0 aromatic carbocycles. The van der Waals surface area contributed by atoms with Crippen LogP contribution < -0.4 is 10.6 Å². The lowest BCUT2D eigenvalue weighted by molar-refractivity contribution is 0.117. The van der Waals surface area contributed by atoms with Crippen molar-refractivity contribution in [2.24, 2.45) is 5.73 Å². The van der Waals surface area contributed by atoms with Crippen molar-refractivity contribution in [1.29, 1.82) is 0 Å². The number of hydrogen-bond donors (Lipinski definition) is 1. The van der Waals surface area contributed by atoms with Gasteiger partial charge in [0.2, 0.25) is 5.95 Å². The van der Waals surface area contributed by atoms with Crippen molar-refractivity contribution in [3.8, 4) is 0 Å².